The van der Waals surface area contributed by atoms with Crippen LogP contribution in [0.5, 0.6) is 5.75 Å². The normalized spacial score (nSPS) is 26.6. The second-order valence-electron chi connectivity index (χ2n) is 4.19. The molecule has 0 spiro atoms. The number of phenols is 1. The lowest BCUT2D eigenvalue weighted by atomic mass is 9.95. The Kier molecular flexibility index (Phi) is 2.78. The van der Waals surface area contributed by atoms with Gasteiger partial charge in [-0.05, 0) is 37.5 Å². The molecule has 1 aromatic rings. The maximum absolute atomic E-state index is 9.20. The SMILES string of the molecule is C=C1C[C@@H](c2ccc(O)cc2)O[C@@H](C)C1. The molecule has 2 nitrogen and oxygen atoms in total. The van der Waals surface area contributed by atoms with Crippen LogP contribution in [0.25, 0.3) is 0 Å². The quantitative estimate of drug-likeness (QED) is 0.712. The van der Waals surface area contributed by atoms with Gasteiger partial charge in [0, 0.05) is 0 Å². The molecule has 1 aliphatic heterocycles. The van der Waals surface area contributed by atoms with Crippen LogP contribution >= 0.6 is 0 Å². The maximum atomic E-state index is 9.20. The number of rotatable bonds is 1. The number of hydrogen-bond donors (Lipinski definition) is 1. The van der Waals surface area contributed by atoms with Crippen molar-refractivity contribution in [2.75, 3.05) is 0 Å². The van der Waals surface area contributed by atoms with Crippen LogP contribution in [0, 0.1) is 0 Å². The predicted molar refractivity (Wildman–Crippen MR) is 59.8 cm³/mol. The van der Waals surface area contributed by atoms with Gasteiger partial charge in [-0.1, -0.05) is 24.3 Å². The van der Waals surface area contributed by atoms with Crippen molar-refractivity contribution in [3.05, 3.63) is 42.0 Å². The molecule has 1 heterocycles. The van der Waals surface area contributed by atoms with Gasteiger partial charge in [-0.15, -0.1) is 0 Å². The molecule has 0 aliphatic carbocycles. The minimum atomic E-state index is 0.0989. The third kappa shape index (κ3) is 2.39. The average molecular weight is 204 g/mol. The zero-order valence-corrected chi connectivity index (χ0v) is 8.94. The Morgan fingerprint density at radius 1 is 1.27 bits per heavy atom. The van der Waals surface area contributed by atoms with Gasteiger partial charge in [-0.25, -0.2) is 0 Å². The molecule has 15 heavy (non-hydrogen) atoms. The number of aromatic hydroxyl groups is 1. The molecule has 1 aliphatic rings. The highest BCUT2D eigenvalue weighted by molar-refractivity contribution is 5.28. The monoisotopic (exact) mass is 204 g/mol. The molecule has 80 valence electrons. The van der Waals surface area contributed by atoms with E-state index >= 15 is 0 Å². The van der Waals surface area contributed by atoms with Gasteiger partial charge >= 0.3 is 0 Å². The zero-order valence-electron chi connectivity index (χ0n) is 8.94. The summed E-state index contributed by atoms with van der Waals surface area (Å²) in [6.07, 6.45) is 2.18. The van der Waals surface area contributed by atoms with Crippen LogP contribution in [0.15, 0.2) is 36.4 Å². The van der Waals surface area contributed by atoms with Gasteiger partial charge in [0.25, 0.3) is 0 Å². The molecule has 0 amide bonds. The van der Waals surface area contributed by atoms with Gasteiger partial charge in [0.1, 0.15) is 5.75 Å². The van der Waals surface area contributed by atoms with Crippen LogP contribution in [-0.2, 0) is 4.74 Å². The lowest BCUT2D eigenvalue weighted by Crippen LogP contribution is -2.20. The summed E-state index contributed by atoms with van der Waals surface area (Å²) in [5.74, 6) is 0.293. The molecule has 0 unspecified atom stereocenters. The van der Waals surface area contributed by atoms with Crippen molar-refractivity contribution in [1.29, 1.82) is 0 Å². The molecule has 0 radical (unpaired) electrons. The van der Waals surface area contributed by atoms with Crippen molar-refractivity contribution < 1.29 is 9.84 Å². The molecule has 1 aromatic carbocycles. The predicted octanol–water partition coefficient (Wildman–Crippen LogP) is 3.19. The van der Waals surface area contributed by atoms with Crippen LogP contribution in [-0.4, -0.2) is 11.2 Å². The van der Waals surface area contributed by atoms with Crippen molar-refractivity contribution in [1.82, 2.24) is 0 Å². The first-order chi connectivity index (χ1) is 7.15. The fourth-order valence-electron chi connectivity index (χ4n) is 2.01. The van der Waals surface area contributed by atoms with E-state index in [0.717, 1.165) is 18.4 Å². The lowest BCUT2D eigenvalue weighted by Gasteiger charge is -2.29. The fraction of sp³-hybridized carbons (Fsp3) is 0.385. The highest BCUT2D eigenvalue weighted by atomic mass is 16.5. The Balaban J connectivity index is 2.16. The van der Waals surface area contributed by atoms with E-state index in [0.29, 0.717) is 5.75 Å². The number of ether oxygens (including phenoxy) is 1. The Labute approximate surface area is 90.2 Å². The van der Waals surface area contributed by atoms with E-state index in [1.54, 1.807) is 12.1 Å². The second-order valence-corrected chi connectivity index (χ2v) is 4.19. The topological polar surface area (TPSA) is 29.5 Å². The smallest absolute Gasteiger partial charge is 0.115 e. The van der Waals surface area contributed by atoms with E-state index in [-0.39, 0.29) is 12.2 Å². The summed E-state index contributed by atoms with van der Waals surface area (Å²) < 4.78 is 5.84. The Morgan fingerprint density at radius 2 is 1.93 bits per heavy atom. The van der Waals surface area contributed by atoms with Crippen molar-refractivity contribution in [2.45, 2.75) is 32.0 Å². The molecule has 2 rings (SSSR count). The number of phenolic OH excluding ortho intramolecular Hbond substituents is 1. The molecular weight excluding hydrogens is 188 g/mol. The van der Waals surface area contributed by atoms with E-state index in [9.17, 15) is 5.11 Å². The fourth-order valence-corrected chi connectivity index (χ4v) is 2.01. The Morgan fingerprint density at radius 3 is 2.53 bits per heavy atom. The largest absolute Gasteiger partial charge is 0.508 e. The van der Waals surface area contributed by atoms with Gasteiger partial charge in [-0.3, -0.25) is 0 Å². The van der Waals surface area contributed by atoms with E-state index in [2.05, 4.69) is 13.5 Å². The summed E-state index contributed by atoms with van der Waals surface area (Å²) in [6.45, 7) is 6.10. The van der Waals surface area contributed by atoms with Gasteiger partial charge in [0.2, 0.25) is 0 Å². The second kappa shape index (κ2) is 4.07. The standard InChI is InChI=1S/C13H16O2/c1-9-7-10(2)15-13(8-9)11-3-5-12(14)6-4-11/h3-6,10,13-14H,1,7-8H2,2H3/t10-,13-/m0/s1. The molecule has 1 saturated heterocycles. The summed E-state index contributed by atoms with van der Waals surface area (Å²) in [5.41, 5.74) is 2.35. The van der Waals surface area contributed by atoms with Crippen molar-refractivity contribution in [2.24, 2.45) is 0 Å². The van der Waals surface area contributed by atoms with Gasteiger partial charge in [0.15, 0.2) is 0 Å². The molecule has 2 atom stereocenters. The van der Waals surface area contributed by atoms with E-state index in [4.69, 9.17) is 4.74 Å². The maximum Gasteiger partial charge on any atom is 0.115 e. The number of hydrogen-bond acceptors (Lipinski definition) is 2. The van der Waals surface area contributed by atoms with E-state index in [1.165, 1.54) is 5.57 Å². The summed E-state index contributed by atoms with van der Waals surface area (Å²) in [4.78, 5) is 0. The molecule has 0 saturated carbocycles. The van der Waals surface area contributed by atoms with E-state index in [1.807, 2.05) is 12.1 Å². The molecule has 1 N–H and O–H groups in total. The number of benzene rings is 1. The highest BCUT2D eigenvalue weighted by Crippen LogP contribution is 2.33. The van der Waals surface area contributed by atoms with Crippen molar-refractivity contribution >= 4 is 0 Å². The van der Waals surface area contributed by atoms with Gasteiger partial charge in [-0.2, -0.15) is 0 Å². The highest BCUT2D eigenvalue weighted by Gasteiger charge is 2.22. The third-order valence-corrected chi connectivity index (χ3v) is 2.71. The summed E-state index contributed by atoms with van der Waals surface area (Å²) in [7, 11) is 0. The minimum Gasteiger partial charge on any atom is -0.508 e. The van der Waals surface area contributed by atoms with E-state index < -0.39 is 0 Å². The van der Waals surface area contributed by atoms with Crippen molar-refractivity contribution in [3.8, 4) is 5.75 Å². The summed E-state index contributed by atoms with van der Waals surface area (Å²) in [5, 5.41) is 9.20. The Bertz CT molecular complexity index is 353. The summed E-state index contributed by atoms with van der Waals surface area (Å²) >= 11 is 0. The first-order valence-electron chi connectivity index (χ1n) is 5.26. The minimum absolute atomic E-state index is 0.0989. The van der Waals surface area contributed by atoms with Crippen LogP contribution in [0.1, 0.15) is 31.4 Å². The van der Waals surface area contributed by atoms with Crippen LogP contribution in [0.2, 0.25) is 0 Å². The molecule has 2 heteroatoms. The summed E-state index contributed by atoms with van der Waals surface area (Å²) in [6, 6.07) is 7.21. The van der Waals surface area contributed by atoms with Gasteiger partial charge in [0.05, 0.1) is 12.2 Å². The van der Waals surface area contributed by atoms with Crippen LogP contribution < -0.4 is 0 Å². The van der Waals surface area contributed by atoms with Gasteiger partial charge < -0.3 is 9.84 Å². The average Bonchev–Trinajstić information content (AvgIpc) is 2.17. The molecule has 1 fully saturated rings. The first kappa shape index (κ1) is 10.2. The molecule has 0 bridgehead atoms. The molecule has 0 aromatic heterocycles. The molecular formula is C13H16O2. The third-order valence-electron chi connectivity index (χ3n) is 2.71. The van der Waals surface area contributed by atoms with Crippen LogP contribution in [0.4, 0.5) is 0 Å². The van der Waals surface area contributed by atoms with Crippen LogP contribution in [0.3, 0.4) is 0 Å². The zero-order chi connectivity index (χ0) is 10.8. The Hall–Kier alpha value is -1.28. The van der Waals surface area contributed by atoms with Crippen molar-refractivity contribution in [3.63, 3.8) is 0 Å². The lowest BCUT2D eigenvalue weighted by molar-refractivity contribution is -0.0224. The first-order valence-corrected chi connectivity index (χ1v) is 5.26.